The first-order valence-electron chi connectivity index (χ1n) is 5.15. The lowest BCUT2D eigenvalue weighted by molar-refractivity contribution is 0.0853. The first-order chi connectivity index (χ1) is 7.27. The highest BCUT2D eigenvalue weighted by molar-refractivity contribution is 5.45. The lowest BCUT2D eigenvalue weighted by Crippen LogP contribution is -2.37. The van der Waals surface area contributed by atoms with E-state index >= 15 is 0 Å². The maximum atomic E-state index is 5.62. The smallest absolute Gasteiger partial charge is 0.134 e. The highest BCUT2D eigenvalue weighted by Crippen LogP contribution is 2.19. The van der Waals surface area contributed by atoms with Gasteiger partial charge in [-0.2, -0.15) is 0 Å². The SMILES string of the molecule is CN(c1cc(N)ncn1)C1CCOCC1. The molecule has 5 nitrogen and oxygen atoms in total. The third kappa shape index (κ3) is 2.36. The molecule has 1 saturated heterocycles. The molecule has 1 aliphatic rings. The van der Waals surface area contributed by atoms with Crippen LogP contribution in [0.3, 0.4) is 0 Å². The van der Waals surface area contributed by atoms with Crippen molar-refractivity contribution < 1.29 is 4.74 Å². The molecule has 82 valence electrons. The zero-order chi connectivity index (χ0) is 10.7. The third-order valence-corrected chi connectivity index (χ3v) is 2.77. The van der Waals surface area contributed by atoms with Crippen LogP contribution in [0.2, 0.25) is 0 Å². The Labute approximate surface area is 89.3 Å². The van der Waals surface area contributed by atoms with E-state index in [4.69, 9.17) is 10.5 Å². The zero-order valence-corrected chi connectivity index (χ0v) is 8.89. The Bertz CT molecular complexity index is 325. The van der Waals surface area contributed by atoms with E-state index in [9.17, 15) is 0 Å². The first-order valence-corrected chi connectivity index (χ1v) is 5.15. The molecule has 0 spiro atoms. The van der Waals surface area contributed by atoms with Crippen molar-refractivity contribution in [2.75, 3.05) is 30.9 Å². The van der Waals surface area contributed by atoms with E-state index in [2.05, 4.69) is 14.9 Å². The summed E-state index contributed by atoms with van der Waals surface area (Å²) in [6.45, 7) is 1.66. The zero-order valence-electron chi connectivity index (χ0n) is 8.89. The van der Waals surface area contributed by atoms with Gasteiger partial charge < -0.3 is 15.4 Å². The molecule has 0 unspecified atom stereocenters. The van der Waals surface area contributed by atoms with Gasteiger partial charge in [0, 0.05) is 32.4 Å². The fourth-order valence-electron chi connectivity index (χ4n) is 1.81. The second-order valence-corrected chi connectivity index (χ2v) is 3.76. The van der Waals surface area contributed by atoms with Crippen LogP contribution in [-0.2, 0) is 4.74 Å². The van der Waals surface area contributed by atoms with Gasteiger partial charge in [-0.15, -0.1) is 0 Å². The molecular weight excluding hydrogens is 192 g/mol. The Hall–Kier alpha value is -1.36. The molecule has 1 aliphatic heterocycles. The number of hydrogen-bond acceptors (Lipinski definition) is 5. The number of hydrogen-bond donors (Lipinski definition) is 1. The third-order valence-electron chi connectivity index (χ3n) is 2.77. The van der Waals surface area contributed by atoms with E-state index < -0.39 is 0 Å². The standard InChI is InChI=1S/C10H16N4O/c1-14(8-2-4-15-5-3-8)10-6-9(11)12-7-13-10/h6-8H,2-5H2,1H3,(H2,11,12,13). The number of aromatic nitrogens is 2. The first kappa shape index (κ1) is 10.2. The molecule has 0 amide bonds. The summed E-state index contributed by atoms with van der Waals surface area (Å²) in [5.74, 6) is 1.40. The molecule has 0 radical (unpaired) electrons. The Morgan fingerprint density at radius 3 is 2.80 bits per heavy atom. The summed E-state index contributed by atoms with van der Waals surface area (Å²) in [6, 6.07) is 2.29. The highest BCUT2D eigenvalue weighted by atomic mass is 16.5. The van der Waals surface area contributed by atoms with Gasteiger partial charge in [0.25, 0.3) is 0 Å². The van der Waals surface area contributed by atoms with Gasteiger partial charge in [-0.3, -0.25) is 0 Å². The maximum Gasteiger partial charge on any atom is 0.134 e. The van der Waals surface area contributed by atoms with Crippen LogP contribution in [0, 0.1) is 0 Å². The van der Waals surface area contributed by atoms with Gasteiger partial charge in [0.15, 0.2) is 0 Å². The van der Waals surface area contributed by atoms with E-state index in [1.54, 1.807) is 6.07 Å². The second kappa shape index (κ2) is 4.44. The largest absolute Gasteiger partial charge is 0.384 e. The second-order valence-electron chi connectivity index (χ2n) is 3.76. The van der Waals surface area contributed by atoms with Crippen LogP contribution in [-0.4, -0.2) is 36.3 Å². The van der Waals surface area contributed by atoms with Crippen molar-refractivity contribution in [3.63, 3.8) is 0 Å². The van der Waals surface area contributed by atoms with Crippen LogP contribution in [0.25, 0.3) is 0 Å². The number of anilines is 2. The average molecular weight is 208 g/mol. The molecule has 0 atom stereocenters. The maximum absolute atomic E-state index is 5.62. The lowest BCUT2D eigenvalue weighted by Gasteiger charge is -2.31. The molecule has 0 saturated carbocycles. The van der Waals surface area contributed by atoms with Crippen molar-refractivity contribution >= 4 is 11.6 Å². The number of rotatable bonds is 2. The number of nitrogen functional groups attached to an aromatic ring is 1. The summed E-state index contributed by atoms with van der Waals surface area (Å²) >= 11 is 0. The van der Waals surface area contributed by atoms with Crippen molar-refractivity contribution in [1.29, 1.82) is 0 Å². The molecule has 2 rings (SSSR count). The summed E-state index contributed by atoms with van der Waals surface area (Å²) in [5, 5.41) is 0. The summed E-state index contributed by atoms with van der Waals surface area (Å²) in [7, 11) is 2.04. The molecule has 15 heavy (non-hydrogen) atoms. The molecule has 5 heteroatoms. The van der Waals surface area contributed by atoms with Crippen LogP contribution in [0.5, 0.6) is 0 Å². The fraction of sp³-hybridized carbons (Fsp3) is 0.600. The van der Waals surface area contributed by atoms with Gasteiger partial charge in [-0.25, -0.2) is 9.97 Å². The van der Waals surface area contributed by atoms with Crippen molar-refractivity contribution in [1.82, 2.24) is 9.97 Å². The summed E-state index contributed by atoms with van der Waals surface area (Å²) < 4.78 is 5.33. The van der Waals surface area contributed by atoms with Crippen molar-refractivity contribution in [3.05, 3.63) is 12.4 Å². The normalized spacial score (nSPS) is 17.7. The summed E-state index contributed by atoms with van der Waals surface area (Å²) in [5.41, 5.74) is 5.62. The highest BCUT2D eigenvalue weighted by Gasteiger charge is 2.19. The van der Waals surface area contributed by atoms with E-state index in [0.717, 1.165) is 31.9 Å². The van der Waals surface area contributed by atoms with Gasteiger partial charge in [-0.1, -0.05) is 0 Å². The molecule has 2 N–H and O–H groups in total. The van der Waals surface area contributed by atoms with E-state index in [1.165, 1.54) is 6.33 Å². The Morgan fingerprint density at radius 1 is 1.40 bits per heavy atom. The van der Waals surface area contributed by atoms with Crippen LogP contribution in [0.15, 0.2) is 12.4 Å². The summed E-state index contributed by atoms with van der Waals surface area (Å²) in [4.78, 5) is 10.2. The van der Waals surface area contributed by atoms with Crippen LogP contribution in [0.4, 0.5) is 11.6 Å². The van der Waals surface area contributed by atoms with Crippen LogP contribution >= 0.6 is 0 Å². The lowest BCUT2D eigenvalue weighted by atomic mass is 10.1. The van der Waals surface area contributed by atoms with E-state index in [0.29, 0.717) is 11.9 Å². The topological polar surface area (TPSA) is 64.3 Å². The molecule has 0 aromatic carbocycles. The predicted octanol–water partition coefficient (Wildman–Crippen LogP) is 0.674. The van der Waals surface area contributed by atoms with Gasteiger partial charge in [-0.05, 0) is 12.8 Å². The van der Waals surface area contributed by atoms with Crippen LogP contribution < -0.4 is 10.6 Å². The molecule has 1 fully saturated rings. The van der Waals surface area contributed by atoms with Crippen molar-refractivity contribution in [3.8, 4) is 0 Å². The minimum absolute atomic E-state index is 0.494. The van der Waals surface area contributed by atoms with Crippen molar-refractivity contribution in [2.24, 2.45) is 0 Å². The quantitative estimate of drug-likeness (QED) is 0.774. The van der Waals surface area contributed by atoms with Crippen LogP contribution in [0.1, 0.15) is 12.8 Å². The summed E-state index contributed by atoms with van der Waals surface area (Å²) in [6.07, 6.45) is 3.58. The van der Waals surface area contributed by atoms with Gasteiger partial charge >= 0.3 is 0 Å². The Balaban J connectivity index is 2.08. The monoisotopic (exact) mass is 208 g/mol. The molecule has 0 aliphatic carbocycles. The molecular formula is C10H16N4O. The minimum Gasteiger partial charge on any atom is -0.384 e. The number of nitrogens with two attached hydrogens (primary N) is 1. The Kier molecular flexibility index (Phi) is 3.01. The van der Waals surface area contributed by atoms with E-state index in [-0.39, 0.29) is 0 Å². The number of nitrogens with zero attached hydrogens (tertiary/aromatic N) is 3. The minimum atomic E-state index is 0.494. The Morgan fingerprint density at radius 2 is 2.13 bits per heavy atom. The molecule has 1 aromatic heterocycles. The molecule has 1 aromatic rings. The molecule has 0 bridgehead atoms. The predicted molar refractivity (Wildman–Crippen MR) is 58.7 cm³/mol. The van der Waals surface area contributed by atoms with E-state index in [1.807, 2.05) is 7.05 Å². The van der Waals surface area contributed by atoms with Gasteiger partial charge in [0.1, 0.15) is 18.0 Å². The average Bonchev–Trinajstić information content (AvgIpc) is 2.29. The molecule has 2 heterocycles. The number of ether oxygens (including phenoxy) is 1. The van der Waals surface area contributed by atoms with Gasteiger partial charge in [0.2, 0.25) is 0 Å². The van der Waals surface area contributed by atoms with Crippen molar-refractivity contribution in [2.45, 2.75) is 18.9 Å². The van der Waals surface area contributed by atoms with Gasteiger partial charge in [0.05, 0.1) is 0 Å². The fourth-order valence-corrected chi connectivity index (χ4v) is 1.81.